The summed E-state index contributed by atoms with van der Waals surface area (Å²) in [5, 5.41) is 5.74. The van der Waals surface area contributed by atoms with Gasteiger partial charge < -0.3 is 16.4 Å². The minimum Gasteiger partial charge on any atom is -0.356 e. The molecule has 2 rings (SSSR count). The van der Waals surface area contributed by atoms with E-state index in [1.165, 1.54) is 6.92 Å². The van der Waals surface area contributed by atoms with E-state index in [1.54, 1.807) is 0 Å². The molecule has 22 heavy (non-hydrogen) atoms. The van der Waals surface area contributed by atoms with Crippen LogP contribution in [0.15, 0.2) is 24.3 Å². The van der Waals surface area contributed by atoms with E-state index in [1.807, 2.05) is 24.3 Å². The van der Waals surface area contributed by atoms with Crippen molar-refractivity contribution in [3.63, 3.8) is 0 Å². The minimum atomic E-state index is -0.0781. The lowest BCUT2D eigenvalue weighted by Gasteiger charge is -2.25. The standard InChI is InChI=1S/C17H25N3O2/c1-12(21)20-16-7-5-13(6-8-16)9-10-19-17(22)14-3-2-4-15(18)11-14/h5-8,14-15H,2-4,9-11,18H2,1H3,(H,19,22)(H,20,21). The van der Waals surface area contributed by atoms with Crippen molar-refractivity contribution in [2.75, 3.05) is 11.9 Å². The van der Waals surface area contributed by atoms with Crippen molar-refractivity contribution in [3.05, 3.63) is 29.8 Å². The third-order valence-corrected chi connectivity index (χ3v) is 4.07. The lowest BCUT2D eigenvalue weighted by molar-refractivity contribution is -0.126. The van der Waals surface area contributed by atoms with Crippen LogP contribution in [0.5, 0.6) is 0 Å². The number of benzene rings is 1. The van der Waals surface area contributed by atoms with Crippen LogP contribution in [-0.4, -0.2) is 24.4 Å². The molecule has 0 aliphatic heterocycles. The van der Waals surface area contributed by atoms with Gasteiger partial charge in [0.1, 0.15) is 0 Å². The maximum absolute atomic E-state index is 12.1. The molecule has 1 aliphatic carbocycles. The summed E-state index contributed by atoms with van der Waals surface area (Å²) in [5.41, 5.74) is 7.84. The SMILES string of the molecule is CC(=O)Nc1ccc(CCNC(=O)C2CCCC(N)C2)cc1. The van der Waals surface area contributed by atoms with E-state index in [9.17, 15) is 9.59 Å². The molecular formula is C17H25N3O2. The van der Waals surface area contributed by atoms with Gasteiger partial charge in [-0.05, 0) is 43.4 Å². The molecule has 2 unspecified atom stereocenters. The first kappa shape index (κ1) is 16.5. The van der Waals surface area contributed by atoms with E-state index >= 15 is 0 Å². The molecule has 4 N–H and O–H groups in total. The van der Waals surface area contributed by atoms with Gasteiger partial charge in [-0.1, -0.05) is 18.6 Å². The number of nitrogens with one attached hydrogen (secondary N) is 2. The molecule has 2 atom stereocenters. The second kappa shape index (κ2) is 7.94. The topological polar surface area (TPSA) is 84.2 Å². The Labute approximate surface area is 131 Å². The highest BCUT2D eigenvalue weighted by Gasteiger charge is 2.24. The van der Waals surface area contributed by atoms with Gasteiger partial charge in [0.2, 0.25) is 11.8 Å². The highest BCUT2D eigenvalue weighted by Crippen LogP contribution is 2.23. The largest absolute Gasteiger partial charge is 0.356 e. The quantitative estimate of drug-likeness (QED) is 0.776. The monoisotopic (exact) mass is 303 g/mol. The zero-order chi connectivity index (χ0) is 15.9. The number of hydrogen-bond donors (Lipinski definition) is 3. The van der Waals surface area contributed by atoms with Crippen molar-refractivity contribution in [2.24, 2.45) is 11.7 Å². The van der Waals surface area contributed by atoms with Crippen molar-refractivity contribution in [1.82, 2.24) is 5.32 Å². The molecule has 1 fully saturated rings. The summed E-state index contributed by atoms with van der Waals surface area (Å²) >= 11 is 0. The number of carbonyl (C=O) groups is 2. The molecule has 120 valence electrons. The molecule has 5 heteroatoms. The van der Waals surface area contributed by atoms with Crippen LogP contribution in [0.25, 0.3) is 0 Å². The molecular weight excluding hydrogens is 278 g/mol. The lowest BCUT2D eigenvalue weighted by atomic mass is 9.85. The summed E-state index contributed by atoms with van der Waals surface area (Å²) in [7, 11) is 0. The summed E-state index contributed by atoms with van der Waals surface area (Å²) in [5.74, 6) is 0.126. The van der Waals surface area contributed by atoms with Crippen LogP contribution in [0, 0.1) is 5.92 Å². The summed E-state index contributed by atoms with van der Waals surface area (Å²) in [4.78, 5) is 23.0. The first-order valence-corrected chi connectivity index (χ1v) is 7.94. The average Bonchev–Trinajstić information content (AvgIpc) is 2.48. The van der Waals surface area contributed by atoms with Crippen LogP contribution < -0.4 is 16.4 Å². The van der Waals surface area contributed by atoms with Crippen LogP contribution in [0.4, 0.5) is 5.69 Å². The second-order valence-electron chi connectivity index (χ2n) is 6.04. The molecule has 0 spiro atoms. The van der Waals surface area contributed by atoms with Crippen molar-refractivity contribution in [3.8, 4) is 0 Å². The number of rotatable bonds is 5. The van der Waals surface area contributed by atoms with E-state index in [0.29, 0.717) is 6.54 Å². The third kappa shape index (κ3) is 5.15. The van der Waals surface area contributed by atoms with Gasteiger partial charge in [-0.3, -0.25) is 9.59 Å². The Bertz CT molecular complexity index is 513. The molecule has 1 aromatic rings. The number of nitrogens with two attached hydrogens (primary N) is 1. The smallest absolute Gasteiger partial charge is 0.223 e. The third-order valence-electron chi connectivity index (χ3n) is 4.07. The Balaban J connectivity index is 1.73. The van der Waals surface area contributed by atoms with Crippen LogP contribution >= 0.6 is 0 Å². The van der Waals surface area contributed by atoms with Crippen LogP contribution in [0.3, 0.4) is 0 Å². The fourth-order valence-corrected chi connectivity index (χ4v) is 2.90. The Morgan fingerprint density at radius 1 is 1.23 bits per heavy atom. The molecule has 0 aromatic heterocycles. The fraction of sp³-hybridized carbons (Fsp3) is 0.529. The minimum absolute atomic E-state index is 0.0749. The molecule has 2 amide bonds. The maximum Gasteiger partial charge on any atom is 0.223 e. The van der Waals surface area contributed by atoms with Crippen molar-refractivity contribution < 1.29 is 9.59 Å². The Kier molecular flexibility index (Phi) is 5.95. The van der Waals surface area contributed by atoms with Crippen molar-refractivity contribution in [1.29, 1.82) is 0 Å². The van der Waals surface area contributed by atoms with E-state index in [4.69, 9.17) is 5.73 Å². The summed E-state index contributed by atoms with van der Waals surface area (Å²) in [6, 6.07) is 7.85. The zero-order valence-corrected chi connectivity index (χ0v) is 13.1. The average molecular weight is 303 g/mol. The molecule has 0 radical (unpaired) electrons. The van der Waals surface area contributed by atoms with Gasteiger partial charge in [-0.25, -0.2) is 0 Å². The maximum atomic E-state index is 12.1. The molecule has 1 aromatic carbocycles. The van der Waals surface area contributed by atoms with Gasteiger partial charge in [-0.2, -0.15) is 0 Å². The van der Waals surface area contributed by atoms with Gasteiger partial charge in [0, 0.05) is 31.1 Å². The van der Waals surface area contributed by atoms with Crippen molar-refractivity contribution >= 4 is 17.5 Å². The molecule has 5 nitrogen and oxygen atoms in total. The van der Waals surface area contributed by atoms with Crippen LogP contribution in [0.1, 0.15) is 38.2 Å². The first-order valence-electron chi connectivity index (χ1n) is 7.94. The Morgan fingerprint density at radius 3 is 2.59 bits per heavy atom. The van der Waals surface area contributed by atoms with Crippen LogP contribution in [-0.2, 0) is 16.0 Å². The summed E-state index contributed by atoms with van der Waals surface area (Å²) < 4.78 is 0. The second-order valence-corrected chi connectivity index (χ2v) is 6.04. The van der Waals surface area contributed by atoms with Crippen molar-refractivity contribution in [2.45, 2.75) is 45.1 Å². The lowest BCUT2D eigenvalue weighted by Crippen LogP contribution is -2.38. The normalized spacial score (nSPS) is 21.2. The van der Waals surface area contributed by atoms with E-state index in [-0.39, 0.29) is 23.8 Å². The Hall–Kier alpha value is -1.88. The van der Waals surface area contributed by atoms with Gasteiger partial charge in [0.25, 0.3) is 0 Å². The summed E-state index contributed by atoms with van der Waals surface area (Å²) in [6.45, 7) is 2.12. The van der Waals surface area contributed by atoms with E-state index < -0.39 is 0 Å². The number of anilines is 1. The molecule has 1 aliphatic rings. The van der Waals surface area contributed by atoms with Gasteiger partial charge in [-0.15, -0.1) is 0 Å². The van der Waals surface area contributed by atoms with Gasteiger partial charge in [0.15, 0.2) is 0 Å². The Morgan fingerprint density at radius 2 is 1.95 bits per heavy atom. The number of hydrogen-bond acceptors (Lipinski definition) is 3. The first-order chi connectivity index (χ1) is 10.5. The van der Waals surface area contributed by atoms with E-state index in [2.05, 4.69) is 10.6 Å². The summed E-state index contributed by atoms with van der Waals surface area (Å²) in [6.07, 6.45) is 4.61. The predicted octanol–water partition coefficient (Wildman–Crippen LogP) is 1.82. The zero-order valence-electron chi connectivity index (χ0n) is 13.1. The van der Waals surface area contributed by atoms with Crippen LogP contribution in [0.2, 0.25) is 0 Å². The highest BCUT2D eigenvalue weighted by molar-refractivity contribution is 5.88. The predicted molar refractivity (Wildman–Crippen MR) is 87.4 cm³/mol. The molecule has 0 bridgehead atoms. The number of amides is 2. The number of carbonyl (C=O) groups excluding carboxylic acids is 2. The van der Waals surface area contributed by atoms with E-state index in [0.717, 1.165) is 43.4 Å². The molecule has 0 heterocycles. The molecule has 0 saturated heterocycles. The fourth-order valence-electron chi connectivity index (χ4n) is 2.90. The molecule has 1 saturated carbocycles. The van der Waals surface area contributed by atoms with Gasteiger partial charge in [0.05, 0.1) is 0 Å². The highest BCUT2D eigenvalue weighted by atomic mass is 16.2. The van der Waals surface area contributed by atoms with Gasteiger partial charge >= 0.3 is 0 Å².